The summed E-state index contributed by atoms with van der Waals surface area (Å²) in [5.41, 5.74) is 6.13. The van der Waals surface area contributed by atoms with Crippen LogP contribution in [0.25, 0.3) is 0 Å². The van der Waals surface area contributed by atoms with Gasteiger partial charge in [-0.25, -0.2) is 4.39 Å². The molecule has 0 saturated heterocycles. The lowest BCUT2D eigenvalue weighted by molar-refractivity contribution is 0.127. The van der Waals surface area contributed by atoms with Crippen LogP contribution >= 0.6 is 0 Å². The predicted octanol–water partition coefficient (Wildman–Crippen LogP) is 2.62. The molecule has 0 unspecified atom stereocenters. The number of aliphatic hydroxyl groups is 1. The fourth-order valence-corrected chi connectivity index (χ4v) is 1.74. The first-order valence-corrected chi connectivity index (χ1v) is 5.96. The first-order chi connectivity index (χ1) is 8.06. The number of anilines is 2. The van der Waals surface area contributed by atoms with Gasteiger partial charge in [-0.05, 0) is 31.0 Å². The summed E-state index contributed by atoms with van der Waals surface area (Å²) in [7, 11) is 0. The molecule has 4 N–H and O–H groups in total. The van der Waals surface area contributed by atoms with Crippen LogP contribution in [0.15, 0.2) is 18.2 Å². The standard InChI is InChI=1S/C13H21FN2O/c1-3-13(4-2,9-17)8-16-12-6-5-10(15)7-11(12)14/h5-7,16-17H,3-4,8-9,15H2,1-2H3. The number of benzene rings is 1. The highest BCUT2D eigenvalue weighted by atomic mass is 19.1. The predicted molar refractivity (Wildman–Crippen MR) is 69.4 cm³/mol. The van der Waals surface area contributed by atoms with Crippen LogP contribution in [-0.4, -0.2) is 18.3 Å². The quantitative estimate of drug-likeness (QED) is 0.670. The van der Waals surface area contributed by atoms with Crippen LogP contribution in [0.4, 0.5) is 15.8 Å². The van der Waals surface area contributed by atoms with E-state index in [-0.39, 0.29) is 17.8 Å². The van der Waals surface area contributed by atoms with Gasteiger partial charge in [-0.1, -0.05) is 13.8 Å². The lowest BCUT2D eigenvalue weighted by Crippen LogP contribution is -2.32. The average Bonchev–Trinajstić information content (AvgIpc) is 2.33. The molecule has 0 heterocycles. The van der Waals surface area contributed by atoms with E-state index in [0.717, 1.165) is 12.8 Å². The van der Waals surface area contributed by atoms with Crippen LogP contribution < -0.4 is 11.1 Å². The zero-order chi connectivity index (χ0) is 12.9. The van der Waals surface area contributed by atoms with E-state index in [9.17, 15) is 9.50 Å². The third-order valence-corrected chi connectivity index (χ3v) is 3.48. The fourth-order valence-electron chi connectivity index (χ4n) is 1.74. The van der Waals surface area contributed by atoms with Crippen LogP contribution in [0.2, 0.25) is 0 Å². The van der Waals surface area contributed by atoms with Crippen molar-refractivity contribution >= 4 is 11.4 Å². The highest BCUT2D eigenvalue weighted by Gasteiger charge is 2.25. The summed E-state index contributed by atoms with van der Waals surface area (Å²) in [5, 5.41) is 12.5. The Kier molecular flexibility index (Phi) is 4.75. The molecule has 1 rings (SSSR count). The fraction of sp³-hybridized carbons (Fsp3) is 0.538. The van der Waals surface area contributed by atoms with Gasteiger partial charge in [0.15, 0.2) is 0 Å². The topological polar surface area (TPSA) is 58.3 Å². The average molecular weight is 240 g/mol. The molecule has 17 heavy (non-hydrogen) atoms. The Morgan fingerprint density at radius 3 is 2.47 bits per heavy atom. The zero-order valence-electron chi connectivity index (χ0n) is 10.5. The molecule has 0 spiro atoms. The lowest BCUT2D eigenvalue weighted by Gasteiger charge is -2.30. The number of nitrogens with two attached hydrogens (primary N) is 1. The molecule has 0 aliphatic rings. The summed E-state index contributed by atoms with van der Waals surface area (Å²) >= 11 is 0. The molecule has 1 aromatic rings. The molecule has 0 fully saturated rings. The number of nitrogen functional groups attached to an aromatic ring is 1. The molecule has 0 aliphatic heterocycles. The molecule has 0 aromatic heterocycles. The van der Waals surface area contributed by atoms with Crippen molar-refractivity contribution in [1.29, 1.82) is 0 Å². The zero-order valence-corrected chi connectivity index (χ0v) is 10.5. The summed E-state index contributed by atoms with van der Waals surface area (Å²) in [5.74, 6) is -0.357. The normalized spacial score (nSPS) is 11.5. The third kappa shape index (κ3) is 3.33. The minimum atomic E-state index is -0.357. The van der Waals surface area contributed by atoms with Gasteiger partial charge in [-0.15, -0.1) is 0 Å². The van der Waals surface area contributed by atoms with Gasteiger partial charge in [-0.3, -0.25) is 0 Å². The largest absolute Gasteiger partial charge is 0.399 e. The van der Waals surface area contributed by atoms with Gasteiger partial charge in [0.05, 0.1) is 12.3 Å². The minimum Gasteiger partial charge on any atom is -0.399 e. The Labute approximate surface area is 102 Å². The molecule has 0 bridgehead atoms. The van der Waals surface area contributed by atoms with Gasteiger partial charge in [0.1, 0.15) is 5.82 Å². The Bertz CT molecular complexity index is 356. The van der Waals surface area contributed by atoms with Crippen LogP contribution in [-0.2, 0) is 0 Å². The van der Waals surface area contributed by atoms with Crippen molar-refractivity contribution < 1.29 is 9.50 Å². The van der Waals surface area contributed by atoms with Gasteiger partial charge in [0.2, 0.25) is 0 Å². The van der Waals surface area contributed by atoms with Crippen molar-refractivity contribution in [2.24, 2.45) is 5.41 Å². The third-order valence-electron chi connectivity index (χ3n) is 3.48. The van der Waals surface area contributed by atoms with Crippen molar-refractivity contribution in [2.75, 3.05) is 24.2 Å². The van der Waals surface area contributed by atoms with Crippen LogP contribution in [0.1, 0.15) is 26.7 Å². The summed E-state index contributed by atoms with van der Waals surface area (Å²) < 4.78 is 13.5. The SMILES string of the molecule is CCC(CC)(CO)CNc1ccc(N)cc1F. The molecular weight excluding hydrogens is 219 g/mol. The number of aliphatic hydroxyl groups excluding tert-OH is 1. The smallest absolute Gasteiger partial charge is 0.148 e. The van der Waals surface area contributed by atoms with E-state index in [0.29, 0.717) is 17.9 Å². The molecule has 4 heteroatoms. The first kappa shape index (κ1) is 13.8. The van der Waals surface area contributed by atoms with Gasteiger partial charge in [-0.2, -0.15) is 0 Å². The van der Waals surface area contributed by atoms with Crippen molar-refractivity contribution in [3.05, 3.63) is 24.0 Å². The molecule has 0 atom stereocenters. The minimum absolute atomic E-state index is 0.101. The van der Waals surface area contributed by atoms with E-state index in [4.69, 9.17) is 5.73 Å². The second kappa shape index (κ2) is 5.87. The monoisotopic (exact) mass is 240 g/mol. The second-order valence-electron chi connectivity index (χ2n) is 4.46. The van der Waals surface area contributed by atoms with E-state index < -0.39 is 0 Å². The second-order valence-corrected chi connectivity index (χ2v) is 4.46. The highest BCUT2D eigenvalue weighted by Crippen LogP contribution is 2.27. The van der Waals surface area contributed by atoms with E-state index >= 15 is 0 Å². The van der Waals surface area contributed by atoms with Gasteiger partial charge < -0.3 is 16.2 Å². The van der Waals surface area contributed by atoms with Gasteiger partial charge >= 0.3 is 0 Å². The Morgan fingerprint density at radius 2 is 2.00 bits per heavy atom. The van der Waals surface area contributed by atoms with Crippen molar-refractivity contribution in [3.63, 3.8) is 0 Å². The maximum absolute atomic E-state index is 13.5. The summed E-state index contributed by atoms with van der Waals surface area (Å²) in [6.07, 6.45) is 1.70. The molecule has 0 saturated carbocycles. The number of hydrogen-bond acceptors (Lipinski definition) is 3. The number of nitrogens with one attached hydrogen (secondary N) is 1. The Hall–Kier alpha value is -1.29. The first-order valence-electron chi connectivity index (χ1n) is 5.96. The molecule has 0 amide bonds. The maximum atomic E-state index is 13.5. The summed E-state index contributed by atoms with van der Waals surface area (Å²) in [6, 6.07) is 4.57. The summed E-state index contributed by atoms with van der Waals surface area (Å²) in [4.78, 5) is 0. The van der Waals surface area contributed by atoms with E-state index in [1.165, 1.54) is 6.07 Å². The van der Waals surface area contributed by atoms with Crippen LogP contribution in [0.5, 0.6) is 0 Å². The van der Waals surface area contributed by atoms with E-state index in [1.54, 1.807) is 12.1 Å². The van der Waals surface area contributed by atoms with Crippen LogP contribution in [0, 0.1) is 11.2 Å². The molecule has 0 radical (unpaired) electrons. The van der Waals surface area contributed by atoms with Crippen molar-refractivity contribution in [1.82, 2.24) is 0 Å². The van der Waals surface area contributed by atoms with Crippen LogP contribution in [0.3, 0.4) is 0 Å². The van der Waals surface area contributed by atoms with Gasteiger partial charge in [0.25, 0.3) is 0 Å². The van der Waals surface area contributed by atoms with Gasteiger partial charge in [0, 0.05) is 17.6 Å². The molecule has 3 nitrogen and oxygen atoms in total. The number of halogens is 1. The van der Waals surface area contributed by atoms with Crippen molar-refractivity contribution in [2.45, 2.75) is 26.7 Å². The number of rotatable bonds is 6. The Balaban J connectivity index is 2.72. The van der Waals surface area contributed by atoms with Crippen molar-refractivity contribution in [3.8, 4) is 0 Å². The molecule has 1 aromatic carbocycles. The maximum Gasteiger partial charge on any atom is 0.148 e. The highest BCUT2D eigenvalue weighted by molar-refractivity contribution is 5.52. The molecular formula is C13H21FN2O. The Morgan fingerprint density at radius 1 is 1.35 bits per heavy atom. The molecule has 96 valence electrons. The van der Waals surface area contributed by atoms with E-state index in [1.807, 2.05) is 13.8 Å². The lowest BCUT2D eigenvalue weighted by atomic mass is 9.83. The molecule has 0 aliphatic carbocycles. The summed E-state index contributed by atoms with van der Waals surface area (Å²) in [6.45, 7) is 4.71. The van der Waals surface area contributed by atoms with E-state index in [2.05, 4.69) is 5.32 Å². The number of hydrogen-bond donors (Lipinski definition) is 3.